The van der Waals surface area contributed by atoms with E-state index in [0.717, 1.165) is 17.7 Å². The molecule has 0 aliphatic rings. The molecule has 0 unspecified atom stereocenters. The molecule has 25 heavy (non-hydrogen) atoms. The van der Waals surface area contributed by atoms with Crippen LogP contribution in [0.4, 0.5) is 11.5 Å². The summed E-state index contributed by atoms with van der Waals surface area (Å²) in [4.78, 5) is 4.34. The lowest BCUT2D eigenvalue weighted by molar-refractivity contribution is 0.402. The Labute approximate surface area is 149 Å². The number of benzene rings is 1. The minimum atomic E-state index is -3.77. The highest BCUT2D eigenvalue weighted by Crippen LogP contribution is 2.29. The molecule has 0 atom stereocenters. The van der Waals surface area contributed by atoms with Gasteiger partial charge in [-0.25, -0.2) is 13.4 Å². The highest BCUT2D eigenvalue weighted by atomic mass is 32.2. The second kappa shape index (κ2) is 7.74. The number of ether oxygens (including phenoxy) is 1. The van der Waals surface area contributed by atoms with Crippen molar-refractivity contribution in [1.82, 2.24) is 4.98 Å². The summed E-state index contributed by atoms with van der Waals surface area (Å²) in [7, 11) is -2.31. The Kier molecular flexibility index (Phi) is 5.89. The van der Waals surface area contributed by atoms with Crippen molar-refractivity contribution in [3.8, 4) is 5.75 Å². The lowest BCUT2D eigenvalue weighted by Crippen LogP contribution is -2.15. The van der Waals surface area contributed by atoms with Gasteiger partial charge in [0.1, 0.15) is 16.5 Å². The van der Waals surface area contributed by atoms with Gasteiger partial charge in [-0.05, 0) is 55.2 Å². The first kappa shape index (κ1) is 19.1. The fraction of sp³-hybridized carbons (Fsp3) is 0.389. The number of methoxy groups -OCH3 is 1. The quantitative estimate of drug-likeness (QED) is 0.786. The van der Waals surface area contributed by atoms with Crippen LogP contribution in [0.2, 0.25) is 0 Å². The van der Waals surface area contributed by atoms with Crippen LogP contribution in [0.15, 0.2) is 35.4 Å². The smallest absolute Gasteiger partial charge is 0.265 e. The van der Waals surface area contributed by atoms with Crippen molar-refractivity contribution in [1.29, 1.82) is 0 Å². The number of aryl methyl sites for hydroxylation is 2. The van der Waals surface area contributed by atoms with Crippen LogP contribution >= 0.6 is 0 Å². The molecule has 0 bridgehead atoms. The number of hydrogen-bond donors (Lipinski definition) is 2. The number of pyridine rings is 1. The first-order valence-electron chi connectivity index (χ1n) is 8.11. The van der Waals surface area contributed by atoms with Gasteiger partial charge in [0.15, 0.2) is 0 Å². The van der Waals surface area contributed by atoms with Gasteiger partial charge in [-0.2, -0.15) is 0 Å². The number of rotatable bonds is 7. The highest BCUT2D eigenvalue weighted by Gasteiger charge is 2.21. The number of hydrogen-bond acceptors (Lipinski definition) is 5. The second-order valence-corrected chi connectivity index (χ2v) is 8.05. The molecule has 0 saturated carbocycles. The summed E-state index contributed by atoms with van der Waals surface area (Å²) in [6, 6.07) is 6.77. The Morgan fingerprint density at radius 3 is 2.40 bits per heavy atom. The zero-order valence-electron chi connectivity index (χ0n) is 15.3. The SMILES string of the molecule is COc1cc(C)c(C)cc1S(=O)(=O)Nc1ccc(NCC(C)C)nc1. The molecular formula is C18H25N3O3S. The van der Waals surface area contributed by atoms with Gasteiger partial charge in [0.25, 0.3) is 10.0 Å². The predicted octanol–water partition coefficient (Wildman–Crippen LogP) is 3.58. The van der Waals surface area contributed by atoms with E-state index in [9.17, 15) is 8.42 Å². The zero-order valence-corrected chi connectivity index (χ0v) is 16.1. The number of nitrogens with zero attached hydrogens (tertiary/aromatic N) is 1. The summed E-state index contributed by atoms with van der Waals surface area (Å²) in [6.07, 6.45) is 1.49. The molecule has 6 nitrogen and oxygen atoms in total. The maximum atomic E-state index is 12.7. The van der Waals surface area contributed by atoms with Gasteiger partial charge in [0, 0.05) is 6.54 Å². The molecule has 0 aliphatic heterocycles. The monoisotopic (exact) mass is 363 g/mol. The van der Waals surface area contributed by atoms with Crippen molar-refractivity contribution >= 4 is 21.5 Å². The van der Waals surface area contributed by atoms with Crippen LogP contribution in [0.5, 0.6) is 5.75 Å². The molecule has 0 radical (unpaired) electrons. The third kappa shape index (κ3) is 4.85. The average molecular weight is 363 g/mol. The third-order valence-electron chi connectivity index (χ3n) is 3.78. The van der Waals surface area contributed by atoms with Gasteiger partial charge >= 0.3 is 0 Å². The standard InChI is InChI=1S/C18H25N3O3S/c1-12(2)10-19-18-7-6-15(11-20-18)21-25(22,23)17-9-14(4)13(3)8-16(17)24-5/h6-9,11-12,21H,10H2,1-5H3,(H,19,20). The maximum absolute atomic E-state index is 12.7. The summed E-state index contributed by atoms with van der Waals surface area (Å²) in [5, 5.41) is 3.19. The molecule has 136 valence electrons. The van der Waals surface area contributed by atoms with Crippen molar-refractivity contribution in [2.45, 2.75) is 32.6 Å². The molecule has 2 N–H and O–H groups in total. The molecule has 7 heteroatoms. The molecule has 2 rings (SSSR count). The number of sulfonamides is 1. The minimum Gasteiger partial charge on any atom is -0.495 e. The molecule has 1 heterocycles. The van der Waals surface area contributed by atoms with E-state index in [1.165, 1.54) is 13.3 Å². The van der Waals surface area contributed by atoms with E-state index >= 15 is 0 Å². The van der Waals surface area contributed by atoms with Crippen molar-refractivity contribution in [3.05, 3.63) is 41.6 Å². The van der Waals surface area contributed by atoms with Crippen LogP contribution in [0.1, 0.15) is 25.0 Å². The molecular weight excluding hydrogens is 338 g/mol. The van der Waals surface area contributed by atoms with Crippen LogP contribution in [0, 0.1) is 19.8 Å². The fourth-order valence-electron chi connectivity index (χ4n) is 2.21. The van der Waals surface area contributed by atoms with Crippen LogP contribution in [0.25, 0.3) is 0 Å². The van der Waals surface area contributed by atoms with Gasteiger partial charge < -0.3 is 10.1 Å². The summed E-state index contributed by atoms with van der Waals surface area (Å²) in [6.45, 7) is 8.79. The fourth-order valence-corrected chi connectivity index (χ4v) is 3.49. The van der Waals surface area contributed by atoms with Crippen molar-refractivity contribution in [2.75, 3.05) is 23.7 Å². The van der Waals surface area contributed by atoms with Gasteiger partial charge in [-0.3, -0.25) is 4.72 Å². The zero-order chi connectivity index (χ0) is 18.6. The van der Waals surface area contributed by atoms with Crippen LogP contribution < -0.4 is 14.8 Å². The van der Waals surface area contributed by atoms with E-state index in [1.54, 1.807) is 24.3 Å². The van der Waals surface area contributed by atoms with Crippen molar-refractivity contribution in [2.24, 2.45) is 5.92 Å². The largest absolute Gasteiger partial charge is 0.495 e. The Morgan fingerprint density at radius 1 is 1.16 bits per heavy atom. The normalized spacial score (nSPS) is 11.4. The van der Waals surface area contributed by atoms with Gasteiger partial charge in [-0.15, -0.1) is 0 Å². The number of nitrogens with one attached hydrogen (secondary N) is 2. The molecule has 0 spiro atoms. The number of anilines is 2. The van der Waals surface area contributed by atoms with Crippen LogP contribution in [0.3, 0.4) is 0 Å². The van der Waals surface area contributed by atoms with Crippen LogP contribution in [-0.2, 0) is 10.0 Å². The minimum absolute atomic E-state index is 0.111. The highest BCUT2D eigenvalue weighted by molar-refractivity contribution is 7.92. The van der Waals surface area contributed by atoms with E-state index < -0.39 is 10.0 Å². The summed E-state index contributed by atoms with van der Waals surface area (Å²) < 4.78 is 33.2. The Morgan fingerprint density at radius 2 is 1.84 bits per heavy atom. The molecule has 2 aromatic rings. The molecule has 0 amide bonds. The number of aromatic nitrogens is 1. The maximum Gasteiger partial charge on any atom is 0.265 e. The van der Waals surface area contributed by atoms with Gasteiger partial charge in [0.05, 0.1) is 19.0 Å². The average Bonchev–Trinajstić information content (AvgIpc) is 2.55. The van der Waals surface area contributed by atoms with Crippen LogP contribution in [-0.4, -0.2) is 27.1 Å². The lowest BCUT2D eigenvalue weighted by atomic mass is 10.1. The molecule has 1 aromatic carbocycles. The topological polar surface area (TPSA) is 80.3 Å². The molecule has 1 aromatic heterocycles. The lowest BCUT2D eigenvalue weighted by Gasteiger charge is -2.14. The van der Waals surface area contributed by atoms with Gasteiger partial charge in [-0.1, -0.05) is 13.8 Å². The van der Waals surface area contributed by atoms with E-state index in [2.05, 4.69) is 28.9 Å². The summed E-state index contributed by atoms with van der Waals surface area (Å²) in [5.74, 6) is 1.52. The third-order valence-corrected chi connectivity index (χ3v) is 5.18. The summed E-state index contributed by atoms with van der Waals surface area (Å²) >= 11 is 0. The van der Waals surface area contributed by atoms with E-state index in [0.29, 0.717) is 23.2 Å². The van der Waals surface area contributed by atoms with E-state index in [4.69, 9.17) is 4.74 Å². The van der Waals surface area contributed by atoms with E-state index in [1.807, 2.05) is 13.8 Å². The van der Waals surface area contributed by atoms with Crippen molar-refractivity contribution in [3.63, 3.8) is 0 Å². The first-order chi connectivity index (χ1) is 11.7. The Bertz CT molecular complexity index is 831. The van der Waals surface area contributed by atoms with Gasteiger partial charge in [0.2, 0.25) is 0 Å². The second-order valence-electron chi connectivity index (χ2n) is 6.40. The predicted molar refractivity (Wildman–Crippen MR) is 101 cm³/mol. The molecule has 0 saturated heterocycles. The molecule has 0 aliphatic carbocycles. The van der Waals surface area contributed by atoms with Crippen molar-refractivity contribution < 1.29 is 13.2 Å². The van der Waals surface area contributed by atoms with E-state index in [-0.39, 0.29) is 4.90 Å². The Hall–Kier alpha value is -2.28. The Balaban J connectivity index is 2.23. The first-order valence-corrected chi connectivity index (χ1v) is 9.59. The summed E-state index contributed by atoms with van der Waals surface area (Å²) in [5.41, 5.74) is 2.25. The molecule has 0 fully saturated rings.